The van der Waals surface area contributed by atoms with Gasteiger partial charge in [-0.05, 0) is 38.0 Å². The molecule has 1 heterocycles. The fraction of sp³-hybridized carbons (Fsp3) is 0.588. The van der Waals surface area contributed by atoms with Crippen LogP contribution in [0.2, 0.25) is 0 Å². The van der Waals surface area contributed by atoms with Crippen LogP contribution in [0.25, 0.3) is 0 Å². The maximum absolute atomic E-state index is 12.8. The molecule has 1 fully saturated rings. The Labute approximate surface area is 156 Å². The molecule has 0 atom stereocenters. The normalized spacial score (nSPS) is 17.1. The van der Waals surface area contributed by atoms with Crippen LogP contribution in [0.3, 0.4) is 0 Å². The van der Waals surface area contributed by atoms with E-state index in [-0.39, 0.29) is 38.1 Å². The second-order valence-corrected chi connectivity index (χ2v) is 8.28. The molecular weight excluding hydrogens is 385 g/mol. The number of aliphatic hydroxyl groups excluding tert-OH is 1. The lowest BCUT2D eigenvalue weighted by Gasteiger charge is -2.33. The Balaban J connectivity index is 2.10. The predicted octanol–water partition coefficient (Wildman–Crippen LogP) is 1.95. The summed E-state index contributed by atoms with van der Waals surface area (Å²) in [7, 11) is -4.06. The number of nitrogens with zero attached hydrogens (tertiary/aromatic N) is 2. The first-order valence-corrected chi connectivity index (χ1v) is 10.1. The van der Waals surface area contributed by atoms with Gasteiger partial charge >= 0.3 is 6.18 Å². The zero-order valence-corrected chi connectivity index (χ0v) is 15.8. The SMILES string of the molecule is CCN(CCO)C(=O)C1CCN(S(=O)(=O)c2cccc(C(F)(F)F)c2)CC1. The van der Waals surface area contributed by atoms with E-state index in [9.17, 15) is 26.4 Å². The lowest BCUT2D eigenvalue weighted by Crippen LogP contribution is -2.45. The number of benzene rings is 1. The van der Waals surface area contributed by atoms with Gasteiger partial charge in [0.25, 0.3) is 0 Å². The first-order valence-electron chi connectivity index (χ1n) is 8.68. The van der Waals surface area contributed by atoms with Gasteiger partial charge in [-0.25, -0.2) is 8.42 Å². The van der Waals surface area contributed by atoms with Crippen molar-refractivity contribution in [3.8, 4) is 0 Å². The highest BCUT2D eigenvalue weighted by Crippen LogP contribution is 2.32. The Hall–Kier alpha value is -1.65. The second-order valence-electron chi connectivity index (χ2n) is 6.35. The molecule has 10 heteroatoms. The molecule has 1 saturated heterocycles. The van der Waals surface area contributed by atoms with Gasteiger partial charge in [0.1, 0.15) is 0 Å². The molecule has 0 unspecified atom stereocenters. The molecule has 0 aromatic heterocycles. The van der Waals surface area contributed by atoms with Gasteiger partial charge in [-0.1, -0.05) is 6.07 Å². The van der Waals surface area contributed by atoms with Crippen LogP contribution >= 0.6 is 0 Å². The van der Waals surface area contributed by atoms with Crippen LogP contribution in [0.5, 0.6) is 0 Å². The molecule has 1 aliphatic rings. The molecular formula is C17H23F3N2O4S. The summed E-state index contributed by atoms with van der Waals surface area (Å²) in [6.07, 6.45) is -4.04. The highest BCUT2D eigenvalue weighted by Gasteiger charge is 2.35. The second kappa shape index (κ2) is 8.57. The van der Waals surface area contributed by atoms with E-state index in [1.165, 1.54) is 4.90 Å². The highest BCUT2D eigenvalue weighted by molar-refractivity contribution is 7.89. The molecule has 1 aliphatic heterocycles. The number of hydrogen-bond donors (Lipinski definition) is 1. The van der Waals surface area contributed by atoms with E-state index in [4.69, 9.17) is 5.11 Å². The molecule has 0 saturated carbocycles. The largest absolute Gasteiger partial charge is 0.416 e. The summed E-state index contributed by atoms with van der Waals surface area (Å²) in [6.45, 7) is 2.43. The van der Waals surface area contributed by atoms with Crippen LogP contribution in [0, 0.1) is 5.92 Å². The van der Waals surface area contributed by atoms with Crippen molar-refractivity contribution < 1.29 is 31.5 Å². The van der Waals surface area contributed by atoms with E-state index in [1.54, 1.807) is 6.92 Å². The van der Waals surface area contributed by atoms with E-state index < -0.39 is 26.7 Å². The average molecular weight is 408 g/mol. The van der Waals surface area contributed by atoms with E-state index in [2.05, 4.69) is 0 Å². The Kier molecular flexibility index (Phi) is 6.87. The first-order chi connectivity index (χ1) is 12.6. The highest BCUT2D eigenvalue weighted by atomic mass is 32.2. The van der Waals surface area contributed by atoms with Gasteiger partial charge in [0.15, 0.2) is 0 Å². The molecule has 1 amide bonds. The van der Waals surface area contributed by atoms with Crippen molar-refractivity contribution in [1.29, 1.82) is 0 Å². The number of carbonyl (C=O) groups excluding carboxylic acids is 1. The Morgan fingerprint density at radius 1 is 1.30 bits per heavy atom. The van der Waals surface area contributed by atoms with E-state index in [0.29, 0.717) is 25.5 Å². The summed E-state index contributed by atoms with van der Waals surface area (Å²) in [6, 6.07) is 3.67. The quantitative estimate of drug-likeness (QED) is 0.781. The Morgan fingerprint density at radius 2 is 1.93 bits per heavy atom. The molecule has 1 aromatic carbocycles. The van der Waals surface area contributed by atoms with Crippen molar-refractivity contribution in [2.75, 3.05) is 32.8 Å². The third-order valence-electron chi connectivity index (χ3n) is 4.67. The van der Waals surface area contributed by atoms with Crippen LogP contribution in [-0.4, -0.2) is 61.4 Å². The first kappa shape index (κ1) is 21.6. The number of hydrogen-bond acceptors (Lipinski definition) is 4. The summed E-state index contributed by atoms with van der Waals surface area (Å²) in [5.41, 5.74) is -1.02. The van der Waals surface area contributed by atoms with Crippen molar-refractivity contribution in [1.82, 2.24) is 9.21 Å². The Bertz CT molecular complexity index is 760. The number of amides is 1. The number of sulfonamides is 1. The monoisotopic (exact) mass is 408 g/mol. The van der Waals surface area contributed by atoms with Gasteiger partial charge in [-0.3, -0.25) is 4.79 Å². The van der Waals surface area contributed by atoms with Gasteiger partial charge in [-0.15, -0.1) is 0 Å². The lowest BCUT2D eigenvalue weighted by atomic mass is 9.96. The van der Waals surface area contributed by atoms with Crippen LogP contribution in [0.15, 0.2) is 29.2 Å². The number of halogens is 3. The minimum absolute atomic E-state index is 0.0612. The number of carbonyl (C=O) groups is 1. The zero-order chi connectivity index (χ0) is 20.2. The summed E-state index contributed by atoms with van der Waals surface area (Å²) in [4.78, 5) is 13.5. The molecule has 1 N–H and O–H groups in total. The molecule has 0 bridgehead atoms. The minimum atomic E-state index is -4.62. The minimum Gasteiger partial charge on any atom is -0.395 e. The maximum atomic E-state index is 12.8. The molecule has 0 radical (unpaired) electrons. The third kappa shape index (κ3) is 4.99. The van der Waals surface area contributed by atoms with Crippen molar-refractivity contribution >= 4 is 15.9 Å². The maximum Gasteiger partial charge on any atom is 0.416 e. The average Bonchev–Trinajstić information content (AvgIpc) is 2.65. The van der Waals surface area contributed by atoms with E-state index in [0.717, 1.165) is 22.5 Å². The summed E-state index contributed by atoms with van der Waals surface area (Å²) in [5, 5.41) is 9.01. The van der Waals surface area contributed by atoms with Crippen LogP contribution in [0.4, 0.5) is 13.2 Å². The number of aliphatic hydroxyl groups is 1. The number of piperidine rings is 1. The van der Waals surface area contributed by atoms with Crippen LogP contribution in [-0.2, 0) is 21.0 Å². The molecule has 27 heavy (non-hydrogen) atoms. The lowest BCUT2D eigenvalue weighted by molar-refractivity contribution is -0.138. The van der Waals surface area contributed by atoms with Gasteiger partial charge in [0.2, 0.25) is 15.9 Å². The summed E-state index contributed by atoms with van der Waals surface area (Å²) < 4.78 is 65.0. The van der Waals surface area contributed by atoms with E-state index >= 15 is 0 Å². The van der Waals surface area contributed by atoms with Gasteiger partial charge in [-0.2, -0.15) is 17.5 Å². The molecule has 0 spiro atoms. The third-order valence-corrected chi connectivity index (χ3v) is 6.56. The summed E-state index contributed by atoms with van der Waals surface area (Å²) in [5.74, 6) is -0.493. The van der Waals surface area contributed by atoms with Gasteiger partial charge in [0.05, 0.1) is 17.1 Å². The van der Waals surface area contributed by atoms with Crippen molar-refractivity contribution in [3.63, 3.8) is 0 Å². The van der Waals surface area contributed by atoms with Gasteiger partial charge < -0.3 is 10.0 Å². The topological polar surface area (TPSA) is 77.9 Å². The van der Waals surface area contributed by atoms with E-state index in [1.807, 2.05) is 0 Å². The zero-order valence-electron chi connectivity index (χ0n) is 14.9. The smallest absolute Gasteiger partial charge is 0.395 e. The standard InChI is InChI=1S/C17H23F3N2O4S/c1-2-21(10-11-23)16(24)13-6-8-22(9-7-13)27(25,26)15-5-3-4-14(12-15)17(18,19)20/h3-5,12-13,23H,2,6-11H2,1H3. The number of alkyl halides is 3. The molecule has 152 valence electrons. The van der Waals surface area contributed by atoms with Crippen LogP contribution in [0.1, 0.15) is 25.3 Å². The molecule has 6 nitrogen and oxygen atoms in total. The number of rotatable bonds is 6. The molecule has 1 aromatic rings. The fourth-order valence-corrected chi connectivity index (χ4v) is 4.64. The van der Waals surface area contributed by atoms with Crippen molar-refractivity contribution in [3.05, 3.63) is 29.8 Å². The Morgan fingerprint density at radius 3 is 2.44 bits per heavy atom. The molecule has 0 aliphatic carbocycles. The van der Waals surface area contributed by atoms with Crippen molar-refractivity contribution in [2.24, 2.45) is 5.92 Å². The fourth-order valence-electron chi connectivity index (χ4n) is 3.13. The number of likely N-dealkylation sites (N-methyl/N-ethyl adjacent to an activating group) is 1. The van der Waals surface area contributed by atoms with Crippen LogP contribution < -0.4 is 0 Å². The predicted molar refractivity (Wildman–Crippen MR) is 92.3 cm³/mol. The van der Waals surface area contributed by atoms with Crippen molar-refractivity contribution in [2.45, 2.75) is 30.8 Å². The van der Waals surface area contributed by atoms with Gasteiger partial charge in [0, 0.05) is 32.1 Å². The summed E-state index contributed by atoms with van der Waals surface area (Å²) >= 11 is 0. The molecule has 2 rings (SSSR count).